The van der Waals surface area contributed by atoms with Gasteiger partial charge in [-0.1, -0.05) is 0 Å². The van der Waals surface area contributed by atoms with Gasteiger partial charge in [0.2, 0.25) is 0 Å². The first-order chi connectivity index (χ1) is 11.6. The van der Waals surface area contributed by atoms with Crippen molar-refractivity contribution in [1.82, 2.24) is 9.97 Å². The molecule has 0 spiro atoms. The Labute approximate surface area is 140 Å². The molecule has 6 nitrogen and oxygen atoms in total. The minimum Gasteiger partial charge on any atom is -0.493 e. The Bertz CT molecular complexity index is 772. The molecule has 1 aromatic carbocycles. The van der Waals surface area contributed by atoms with Crippen molar-refractivity contribution in [1.29, 1.82) is 0 Å². The average molecular weight is 328 g/mol. The van der Waals surface area contributed by atoms with Gasteiger partial charge in [0.15, 0.2) is 11.5 Å². The molecule has 0 radical (unpaired) electrons. The second-order valence-electron chi connectivity index (χ2n) is 5.92. The zero-order valence-electron chi connectivity index (χ0n) is 13.9. The van der Waals surface area contributed by atoms with E-state index in [9.17, 15) is 9.59 Å². The summed E-state index contributed by atoms with van der Waals surface area (Å²) in [6.45, 7) is 0. The number of methoxy groups -OCH3 is 2. The first kappa shape index (κ1) is 16.4. The monoisotopic (exact) mass is 328 g/mol. The molecule has 0 atom stereocenters. The lowest BCUT2D eigenvalue weighted by atomic mass is 9.83. The fourth-order valence-corrected chi connectivity index (χ4v) is 3.20. The zero-order chi connectivity index (χ0) is 17.1. The number of ketones is 2. The first-order valence-corrected chi connectivity index (χ1v) is 8.05. The molecule has 1 aliphatic carbocycles. The quantitative estimate of drug-likeness (QED) is 0.785. The van der Waals surface area contributed by atoms with Gasteiger partial charge in [-0.25, -0.2) is 9.97 Å². The van der Waals surface area contributed by atoms with Crippen LogP contribution < -0.4 is 9.47 Å². The van der Waals surface area contributed by atoms with Gasteiger partial charge >= 0.3 is 0 Å². The average Bonchev–Trinajstić information content (AvgIpc) is 2.60. The molecule has 1 fully saturated rings. The van der Waals surface area contributed by atoms with Crippen LogP contribution in [0.4, 0.5) is 0 Å². The fourth-order valence-electron chi connectivity index (χ4n) is 3.20. The van der Waals surface area contributed by atoms with Crippen LogP contribution >= 0.6 is 0 Å². The van der Waals surface area contributed by atoms with E-state index in [0.717, 1.165) is 16.6 Å². The van der Waals surface area contributed by atoms with Gasteiger partial charge < -0.3 is 9.47 Å². The number of hydrogen-bond acceptors (Lipinski definition) is 6. The van der Waals surface area contributed by atoms with Crippen LogP contribution in [0.3, 0.4) is 0 Å². The molecule has 1 saturated carbocycles. The second kappa shape index (κ2) is 6.95. The molecule has 1 heterocycles. The van der Waals surface area contributed by atoms with Crippen molar-refractivity contribution in [3.63, 3.8) is 0 Å². The standard InChI is InChI=1S/C18H20N2O4/c1-23-17-8-12-13(19-10-20-14(12)9-18(17)24-2)7-6-11-15(21)4-3-5-16(11)22/h8-11H,3-7H2,1-2H3. The number of Topliss-reactive ketones (excluding diaryl/α,β-unsaturated/α-hetero) is 2. The van der Waals surface area contributed by atoms with E-state index in [4.69, 9.17) is 9.47 Å². The fraction of sp³-hybridized carbons (Fsp3) is 0.444. The first-order valence-electron chi connectivity index (χ1n) is 8.05. The molecule has 1 aliphatic rings. The molecule has 24 heavy (non-hydrogen) atoms. The van der Waals surface area contributed by atoms with Crippen molar-refractivity contribution in [2.75, 3.05) is 14.2 Å². The molecule has 0 N–H and O–H groups in total. The van der Waals surface area contributed by atoms with Crippen molar-refractivity contribution < 1.29 is 19.1 Å². The maximum atomic E-state index is 12.0. The van der Waals surface area contributed by atoms with Gasteiger partial charge in [0, 0.05) is 24.3 Å². The van der Waals surface area contributed by atoms with Crippen molar-refractivity contribution in [2.45, 2.75) is 32.1 Å². The molecule has 0 unspecified atom stereocenters. The van der Waals surface area contributed by atoms with Crippen LogP contribution in [0.2, 0.25) is 0 Å². The smallest absolute Gasteiger partial charge is 0.162 e. The van der Waals surface area contributed by atoms with Crippen LogP contribution in [0.1, 0.15) is 31.4 Å². The molecule has 0 amide bonds. The maximum Gasteiger partial charge on any atom is 0.162 e. The molecule has 0 bridgehead atoms. The Morgan fingerprint density at radius 2 is 1.71 bits per heavy atom. The number of carbonyl (C=O) groups excluding carboxylic acids is 2. The Morgan fingerprint density at radius 3 is 2.38 bits per heavy atom. The Kier molecular flexibility index (Phi) is 4.74. The van der Waals surface area contributed by atoms with E-state index in [0.29, 0.717) is 43.6 Å². The number of ether oxygens (including phenoxy) is 2. The van der Waals surface area contributed by atoms with Crippen molar-refractivity contribution in [2.24, 2.45) is 5.92 Å². The van der Waals surface area contributed by atoms with Gasteiger partial charge in [0.25, 0.3) is 0 Å². The second-order valence-corrected chi connectivity index (χ2v) is 5.92. The molecular weight excluding hydrogens is 308 g/mol. The lowest BCUT2D eigenvalue weighted by Crippen LogP contribution is -2.29. The maximum absolute atomic E-state index is 12.0. The molecule has 0 saturated heterocycles. The summed E-state index contributed by atoms with van der Waals surface area (Å²) >= 11 is 0. The van der Waals surface area contributed by atoms with Crippen LogP contribution in [0.5, 0.6) is 11.5 Å². The van der Waals surface area contributed by atoms with E-state index in [1.165, 1.54) is 6.33 Å². The van der Waals surface area contributed by atoms with Crippen LogP contribution in [-0.2, 0) is 16.0 Å². The molecule has 2 aromatic rings. The molecule has 6 heteroatoms. The predicted molar refractivity (Wildman–Crippen MR) is 88.3 cm³/mol. The highest BCUT2D eigenvalue weighted by Gasteiger charge is 2.29. The zero-order valence-corrected chi connectivity index (χ0v) is 13.9. The number of benzene rings is 1. The van der Waals surface area contributed by atoms with Gasteiger partial charge in [-0.2, -0.15) is 0 Å². The summed E-state index contributed by atoms with van der Waals surface area (Å²) in [7, 11) is 3.15. The Morgan fingerprint density at radius 1 is 1.04 bits per heavy atom. The third kappa shape index (κ3) is 3.09. The van der Waals surface area contributed by atoms with E-state index >= 15 is 0 Å². The molecule has 0 aliphatic heterocycles. The summed E-state index contributed by atoms with van der Waals surface area (Å²) < 4.78 is 10.6. The van der Waals surface area contributed by atoms with Crippen LogP contribution in [0.15, 0.2) is 18.5 Å². The van der Waals surface area contributed by atoms with Crippen molar-refractivity contribution in [3.05, 3.63) is 24.2 Å². The Hall–Kier alpha value is -2.50. The summed E-state index contributed by atoms with van der Waals surface area (Å²) in [5.74, 6) is 0.842. The van der Waals surface area contributed by atoms with Gasteiger partial charge in [0.05, 0.1) is 31.3 Å². The molecule has 3 rings (SSSR count). The van der Waals surface area contributed by atoms with Crippen LogP contribution in [0, 0.1) is 5.92 Å². The van der Waals surface area contributed by atoms with E-state index in [2.05, 4.69) is 9.97 Å². The lowest BCUT2D eigenvalue weighted by molar-refractivity contribution is -0.135. The summed E-state index contributed by atoms with van der Waals surface area (Å²) in [4.78, 5) is 32.6. The van der Waals surface area contributed by atoms with Crippen molar-refractivity contribution in [3.8, 4) is 11.5 Å². The summed E-state index contributed by atoms with van der Waals surface area (Å²) in [5, 5.41) is 0.853. The number of fused-ring (bicyclic) bond motifs is 1. The Balaban J connectivity index is 1.89. The number of aryl methyl sites for hydroxylation is 1. The topological polar surface area (TPSA) is 78.4 Å². The van der Waals surface area contributed by atoms with Crippen molar-refractivity contribution >= 4 is 22.5 Å². The third-order valence-corrected chi connectivity index (χ3v) is 4.52. The predicted octanol–water partition coefficient (Wildman–Crippen LogP) is 2.52. The van der Waals surface area contributed by atoms with Gasteiger partial charge in [-0.15, -0.1) is 0 Å². The normalized spacial score (nSPS) is 15.8. The highest BCUT2D eigenvalue weighted by Crippen LogP contribution is 2.33. The summed E-state index contributed by atoms with van der Waals surface area (Å²) in [5.41, 5.74) is 1.56. The molecular formula is C18H20N2O4. The van der Waals surface area contributed by atoms with E-state index in [-0.39, 0.29) is 11.6 Å². The van der Waals surface area contributed by atoms with Gasteiger partial charge in [-0.3, -0.25) is 9.59 Å². The van der Waals surface area contributed by atoms with Crippen LogP contribution in [0.25, 0.3) is 10.9 Å². The van der Waals surface area contributed by atoms with Gasteiger partial charge in [0.1, 0.15) is 17.9 Å². The largest absolute Gasteiger partial charge is 0.493 e. The lowest BCUT2D eigenvalue weighted by Gasteiger charge is -2.19. The van der Waals surface area contributed by atoms with Gasteiger partial charge in [-0.05, 0) is 25.3 Å². The minimum atomic E-state index is -0.482. The summed E-state index contributed by atoms with van der Waals surface area (Å²) in [6, 6.07) is 3.64. The number of hydrogen-bond donors (Lipinski definition) is 0. The third-order valence-electron chi connectivity index (χ3n) is 4.52. The molecule has 1 aromatic heterocycles. The van der Waals surface area contributed by atoms with E-state index in [1.54, 1.807) is 20.3 Å². The molecule has 126 valence electrons. The summed E-state index contributed by atoms with van der Waals surface area (Å²) in [6.07, 6.45) is 4.24. The highest BCUT2D eigenvalue weighted by molar-refractivity contribution is 6.04. The van der Waals surface area contributed by atoms with E-state index < -0.39 is 5.92 Å². The minimum absolute atomic E-state index is 0.0591. The number of rotatable bonds is 5. The highest BCUT2D eigenvalue weighted by atomic mass is 16.5. The number of carbonyl (C=O) groups is 2. The number of nitrogens with zero attached hydrogens (tertiary/aromatic N) is 2. The van der Waals surface area contributed by atoms with Crippen LogP contribution in [-0.4, -0.2) is 35.8 Å². The number of aromatic nitrogens is 2. The van der Waals surface area contributed by atoms with E-state index in [1.807, 2.05) is 6.07 Å². The SMILES string of the molecule is COc1cc2ncnc(CCC3C(=O)CCCC3=O)c2cc1OC.